The number of methoxy groups -OCH3 is 2. The van der Waals surface area contributed by atoms with Crippen molar-refractivity contribution >= 4 is 11.7 Å². The number of benzene rings is 1. The molecule has 2 N–H and O–H groups in total. The highest BCUT2D eigenvalue weighted by molar-refractivity contribution is 5.93. The SMILES string of the molecule is COC(=O)c1nc(-c2ccc(C#N)cc2)c(F)c(N)c1OC. The first-order chi connectivity index (χ1) is 10.5. The topological polar surface area (TPSA) is 98.2 Å². The fraction of sp³-hybridized carbons (Fsp3) is 0.133. The number of esters is 1. The van der Waals surface area contributed by atoms with E-state index in [9.17, 15) is 9.18 Å². The minimum Gasteiger partial charge on any atom is -0.492 e. The zero-order valence-electron chi connectivity index (χ0n) is 11.9. The standard InChI is InChI=1S/C15H12FN3O3/c1-21-14-11(18)10(16)12(19-13(14)15(20)22-2)9-5-3-8(7-17)4-6-9/h3-6H,1-2H3,(H2,18,19). The average Bonchev–Trinajstić information content (AvgIpc) is 2.56. The van der Waals surface area contributed by atoms with E-state index in [0.29, 0.717) is 11.1 Å². The summed E-state index contributed by atoms with van der Waals surface area (Å²) in [4.78, 5) is 15.7. The number of pyridine rings is 1. The van der Waals surface area contributed by atoms with E-state index in [1.54, 1.807) is 0 Å². The number of carbonyl (C=O) groups excluding carboxylic acids is 1. The second kappa shape index (κ2) is 6.10. The Kier molecular flexibility index (Phi) is 4.23. The van der Waals surface area contributed by atoms with Crippen LogP contribution in [-0.2, 0) is 4.74 Å². The van der Waals surface area contributed by atoms with Crippen LogP contribution in [0.1, 0.15) is 16.1 Å². The molecule has 0 amide bonds. The summed E-state index contributed by atoms with van der Waals surface area (Å²) in [6.07, 6.45) is 0. The van der Waals surface area contributed by atoms with Crippen LogP contribution in [0.3, 0.4) is 0 Å². The molecule has 1 aromatic carbocycles. The Labute approximate surface area is 125 Å². The van der Waals surface area contributed by atoms with E-state index in [0.717, 1.165) is 0 Å². The van der Waals surface area contributed by atoms with Gasteiger partial charge in [-0.3, -0.25) is 0 Å². The third-order valence-electron chi connectivity index (χ3n) is 3.00. The van der Waals surface area contributed by atoms with Crippen LogP contribution in [0, 0.1) is 17.1 Å². The Bertz CT molecular complexity index is 767. The summed E-state index contributed by atoms with van der Waals surface area (Å²) in [5.41, 5.74) is 5.79. The Morgan fingerprint density at radius 2 is 1.95 bits per heavy atom. The maximum Gasteiger partial charge on any atom is 0.360 e. The molecule has 2 aromatic rings. The highest BCUT2D eigenvalue weighted by atomic mass is 19.1. The van der Waals surface area contributed by atoms with Crippen LogP contribution in [0.5, 0.6) is 5.75 Å². The molecule has 0 aliphatic carbocycles. The smallest absolute Gasteiger partial charge is 0.360 e. The molecule has 0 fully saturated rings. The van der Waals surface area contributed by atoms with Crippen molar-refractivity contribution in [3.8, 4) is 23.1 Å². The van der Waals surface area contributed by atoms with Gasteiger partial charge >= 0.3 is 5.97 Å². The van der Waals surface area contributed by atoms with Gasteiger partial charge in [0.25, 0.3) is 0 Å². The number of aromatic nitrogens is 1. The van der Waals surface area contributed by atoms with E-state index in [-0.39, 0.29) is 22.8 Å². The number of nitrogens with zero attached hydrogens (tertiary/aromatic N) is 2. The summed E-state index contributed by atoms with van der Waals surface area (Å²) in [5.74, 6) is -1.78. The summed E-state index contributed by atoms with van der Waals surface area (Å²) in [7, 11) is 2.42. The van der Waals surface area contributed by atoms with Crippen LogP contribution in [0.4, 0.5) is 10.1 Å². The van der Waals surface area contributed by atoms with Crippen molar-refractivity contribution in [2.45, 2.75) is 0 Å². The van der Waals surface area contributed by atoms with Crippen LogP contribution in [0.2, 0.25) is 0 Å². The summed E-state index contributed by atoms with van der Waals surface area (Å²) in [5, 5.41) is 8.78. The number of rotatable bonds is 3. The first kappa shape index (κ1) is 15.3. The van der Waals surface area contributed by atoms with Crippen molar-refractivity contribution in [3.63, 3.8) is 0 Å². The number of anilines is 1. The van der Waals surface area contributed by atoms with E-state index in [1.807, 2.05) is 6.07 Å². The van der Waals surface area contributed by atoms with Gasteiger partial charge in [-0.05, 0) is 12.1 Å². The number of nitrogens with two attached hydrogens (primary N) is 1. The van der Waals surface area contributed by atoms with Gasteiger partial charge < -0.3 is 15.2 Å². The van der Waals surface area contributed by atoms with Crippen LogP contribution < -0.4 is 10.5 Å². The van der Waals surface area contributed by atoms with Crippen LogP contribution in [0.15, 0.2) is 24.3 Å². The molecule has 0 spiro atoms. The van der Waals surface area contributed by atoms with Gasteiger partial charge in [-0.1, -0.05) is 12.1 Å². The van der Waals surface area contributed by atoms with Gasteiger partial charge in [0.15, 0.2) is 17.3 Å². The first-order valence-corrected chi connectivity index (χ1v) is 6.15. The molecule has 112 valence electrons. The molecule has 2 rings (SSSR count). The summed E-state index contributed by atoms with van der Waals surface area (Å²) in [6.45, 7) is 0. The Hall–Kier alpha value is -3.14. The molecule has 0 aliphatic heterocycles. The number of hydrogen-bond acceptors (Lipinski definition) is 6. The molecule has 6 nitrogen and oxygen atoms in total. The third-order valence-corrected chi connectivity index (χ3v) is 3.00. The van der Waals surface area contributed by atoms with Gasteiger partial charge in [-0.2, -0.15) is 5.26 Å². The molecule has 1 heterocycles. The van der Waals surface area contributed by atoms with Gasteiger partial charge in [-0.15, -0.1) is 0 Å². The molecule has 0 saturated carbocycles. The van der Waals surface area contributed by atoms with Crippen LogP contribution in [-0.4, -0.2) is 25.2 Å². The fourth-order valence-corrected chi connectivity index (χ4v) is 1.90. The number of carbonyl (C=O) groups is 1. The van der Waals surface area contributed by atoms with E-state index in [2.05, 4.69) is 9.72 Å². The molecule has 0 atom stereocenters. The molecular formula is C15H12FN3O3. The van der Waals surface area contributed by atoms with E-state index < -0.39 is 11.8 Å². The van der Waals surface area contributed by atoms with Crippen LogP contribution in [0.25, 0.3) is 11.3 Å². The molecule has 1 aromatic heterocycles. The predicted octanol–water partition coefficient (Wildman–Crippen LogP) is 2.14. The fourth-order valence-electron chi connectivity index (χ4n) is 1.90. The lowest BCUT2D eigenvalue weighted by Crippen LogP contribution is -2.12. The van der Waals surface area contributed by atoms with Crippen molar-refractivity contribution in [2.24, 2.45) is 0 Å². The molecule has 0 bridgehead atoms. The number of halogens is 1. The molecule has 22 heavy (non-hydrogen) atoms. The Morgan fingerprint density at radius 1 is 1.32 bits per heavy atom. The summed E-state index contributed by atoms with van der Waals surface area (Å²) < 4.78 is 23.9. The zero-order chi connectivity index (χ0) is 16.3. The number of ether oxygens (including phenoxy) is 2. The quantitative estimate of drug-likeness (QED) is 0.872. The number of hydrogen-bond donors (Lipinski definition) is 1. The van der Waals surface area contributed by atoms with Gasteiger partial charge in [0.2, 0.25) is 0 Å². The molecule has 0 unspecified atom stereocenters. The molecule has 7 heteroatoms. The van der Waals surface area contributed by atoms with E-state index in [4.69, 9.17) is 15.7 Å². The van der Waals surface area contributed by atoms with E-state index >= 15 is 0 Å². The normalized spacial score (nSPS) is 9.91. The maximum atomic E-state index is 14.4. The number of nitriles is 1. The first-order valence-electron chi connectivity index (χ1n) is 6.15. The minimum absolute atomic E-state index is 0.122. The van der Waals surface area contributed by atoms with Crippen molar-refractivity contribution in [1.82, 2.24) is 4.98 Å². The number of nitrogen functional groups attached to an aromatic ring is 1. The monoisotopic (exact) mass is 301 g/mol. The van der Waals surface area contributed by atoms with Crippen LogP contribution >= 0.6 is 0 Å². The Morgan fingerprint density at radius 3 is 2.45 bits per heavy atom. The highest BCUT2D eigenvalue weighted by Gasteiger charge is 2.24. The predicted molar refractivity (Wildman–Crippen MR) is 76.6 cm³/mol. The lowest BCUT2D eigenvalue weighted by Gasteiger charge is -2.13. The summed E-state index contributed by atoms with van der Waals surface area (Å²) in [6, 6.07) is 7.99. The van der Waals surface area contributed by atoms with Crippen molar-refractivity contribution in [1.29, 1.82) is 5.26 Å². The van der Waals surface area contributed by atoms with Crippen molar-refractivity contribution < 1.29 is 18.7 Å². The third kappa shape index (κ3) is 2.54. The van der Waals surface area contributed by atoms with E-state index in [1.165, 1.54) is 38.5 Å². The molecule has 0 saturated heterocycles. The second-order valence-corrected chi connectivity index (χ2v) is 4.25. The van der Waals surface area contributed by atoms with Crippen molar-refractivity contribution in [2.75, 3.05) is 20.0 Å². The zero-order valence-corrected chi connectivity index (χ0v) is 11.9. The van der Waals surface area contributed by atoms with Crippen molar-refractivity contribution in [3.05, 3.63) is 41.3 Å². The molecule has 0 aliphatic rings. The van der Waals surface area contributed by atoms with Gasteiger partial charge in [-0.25, -0.2) is 14.2 Å². The second-order valence-electron chi connectivity index (χ2n) is 4.25. The van der Waals surface area contributed by atoms with Gasteiger partial charge in [0.1, 0.15) is 11.4 Å². The Balaban J connectivity index is 2.68. The highest BCUT2D eigenvalue weighted by Crippen LogP contribution is 2.34. The van der Waals surface area contributed by atoms with Gasteiger partial charge in [0, 0.05) is 5.56 Å². The molecular weight excluding hydrogens is 289 g/mol. The largest absolute Gasteiger partial charge is 0.492 e. The lowest BCUT2D eigenvalue weighted by atomic mass is 10.1. The van der Waals surface area contributed by atoms with Gasteiger partial charge in [0.05, 0.1) is 25.9 Å². The lowest BCUT2D eigenvalue weighted by molar-refractivity contribution is 0.0590. The minimum atomic E-state index is -0.811. The average molecular weight is 301 g/mol. The molecule has 0 radical (unpaired) electrons. The maximum absolute atomic E-state index is 14.4. The summed E-state index contributed by atoms with van der Waals surface area (Å²) >= 11 is 0.